The summed E-state index contributed by atoms with van der Waals surface area (Å²) in [7, 11) is 0. The average molecular weight is 318 g/mol. The van der Waals surface area contributed by atoms with E-state index >= 15 is 0 Å². The quantitative estimate of drug-likeness (QED) is 0.928. The summed E-state index contributed by atoms with van der Waals surface area (Å²) < 4.78 is 0. The highest BCUT2D eigenvalue weighted by molar-refractivity contribution is 5.76. The van der Waals surface area contributed by atoms with Crippen LogP contribution in [0.3, 0.4) is 0 Å². The molecule has 0 atom stereocenters. The van der Waals surface area contributed by atoms with Gasteiger partial charge in [-0.2, -0.15) is 5.10 Å². The van der Waals surface area contributed by atoms with E-state index in [9.17, 15) is 4.79 Å². The van der Waals surface area contributed by atoms with Crippen LogP contribution in [0.15, 0.2) is 0 Å². The lowest BCUT2D eigenvalue weighted by molar-refractivity contribution is -0.131. The van der Waals surface area contributed by atoms with E-state index in [0.29, 0.717) is 5.91 Å². The number of piperazine rings is 1. The van der Waals surface area contributed by atoms with E-state index in [-0.39, 0.29) is 0 Å². The van der Waals surface area contributed by atoms with E-state index in [1.54, 1.807) is 0 Å². The number of rotatable bonds is 4. The lowest BCUT2D eigenvalue weighted by Gasteiger charge is -2.36. The van der Waals surface area contributed by atoms with Crippen molar-refractivity contribution in [3.05, 3.63) is 11.4 Å². The molecule has 1 N–H and O–H groups in total. The maximum Gasteiger partial charge on any atom is 0.222 e. The molecule has 1 saturated heterocycles. The third-order valence-corrected chi connectivity index (χ3v) is 5.53. The number of H-pyrrole nitrogens is 1. The number of hydrogen-bond donors (Lipinski definition) is 1. The van der Waals surface area contributed by atoms with Gasteiger partial charge in [0.2, 0.25) is 5.91 Å². The smallest absolute Gasteiger partial charge is 0.222 e. The van der Waals surface area contributed by atoms with Crippen molar-refractivity contribution in [2.75, 3.05) is 31.1 Å². The fraction of sp³-hybridized carbons (Fsp3) is 0.778. The molecule has 23 heavy (non-hydrogen) atoms. The van der Waals surface area contributed by atoms with E-state index in [1.807, 2.05) is 6.92 Å². The van der Waals surface area contributed by atoms with Crippen LogP contribution in [-0.4, -0.2) is 47.2 Å². The second-order valence-electron chi connectivity index (χ2n) is 7.19. The van der Waals surface area contributed by atoms with E-state index in [2.05, 4.69) is 26.9 Å². The minimum Gasteiger partial charge on any atom is -0.365 e. The summed E-state index contributed by atoms with van der Waals surface area (Å²) in [5.74, 6) is 1.15. The first-order valence-electron chi connectivity index (χ1n) is 9.19. The van der Waals surface area contributed by atoms with Gasteiger partial charge in [-0.05, 0) is 26.2 Å². The molecule has 1 aliphatic heterocycles. The fourth-order valence-corrected chi connectivity index (χ4v) is 4.15. The number of carbonyl (C=O) groups excluding carboxylic acids is 1. The molecule has 1 aromatic heterocycles. The summed E-state index contributed by atoms with van der Waals surface area (Å²) in [4.78, 5) is 16.9. The third kappa shape index (κ3) is 3.88. The Balaban J connectivity index is 1.45. The Morgan fingerprint density at radius 3 is 2.43 bits per heavy atom. The predicted octanol–water partition coefficient (Wildman–Crippen LogP) is 3.04. The molecule has 0 bridgehead atoms. The molecule has 5 nitrogen and oxygen atoms in total. The Morgan fingerprint density at radius 1 is 1.13 bits per heavy atom. The largest absolute Gasteiger partial charge is 0.365 e. The summed E-state index contributed by atoms with van der Waals surface area (Å²) >= 11 is 0. The summed E-state index contributed by atoms with van der Waals surface area (Å²) in [6, 6.07) is 0. The Hall–Kier alpha value is -1.52. The monoisotopic (exact) mass is 318 g/mol. The van der Waals surface area contributed by atoms with Gasteiger partial charge in [0.25, 0.3) is 0 Å². The van der Waals surface area contributed by atoms with Gasteiger partial charge in [0.05, 0.1) is 17.1 Å². The first kappa shape index (κ1) is 16.3. The van der Waals surface area contributed by atoms with Crippen molar-refractivity contribution in [1.29, 1.82) is 0 Å². The van der Waals surface area contributed by atoms with Crippen LogP contribution in [0.5, 0.6) is 0 Å². The number of carbonyl (C=O) groups is 1. The number of nitrogens with zero attached hydrogens (tertiary/aromatic N) is 3. The molecule has 1 aliphatic carbocycles. The molecule has 0 aromatic carbocycles. The van der Waals surface area contributed by atoms with Crippen molar-refractivity contribution in [2.24, 2.45) is 5.92 Å². The second kappa shape index (κ2) is 7.37. The molecule has 3 rings (SSSR count). The summed E-state index contributed by atoms with van der Waals surface area (Å²) in [5, 5.41) is 7.33. The van der Waals surface area contributed by atoms with Crippen LogP contribution < -0.4 is 4.90 Å². The first-order chi connectivity index (χ1) is 11.1. The van der Waals surface area contributed by atoms with Crippen molar-refractivity contribution in [3.63, 3.8) is 0 Å². The Bertz CT molecular complexity index is 506. The minimum absolute atomic E-state index is 0.357. The highest BCUT2D eigenvalue weighted by atomic mass is 16.2. The molecule has 0 unspecified atom stereocenters. The van der Waals surface area contributed by atoms with Crippen molar-refractivity contribution in [3.8, 4) is 0 Å². The van der Waals surface area contributed by atoms with Crippen LogP contribution in [-0.2, 0) is 4.79 Å². The predicted molar refractivity (Wildman–Crippen MR) is 92.7 cm³/mol. The summed E-state index contributed by atoms with van der Waals surface area (Å²) in [5.41, 5.74) is 3.40. The standard InChI is InChI=1S/C18H30N4O/c1-14-18(15(2)20-19-14)22-12-10-21(11-13-22)17(23)9-8-16-6-4-3-5-7-16/h16H,3-13H2,1-2H3,(H,19,20). The van der Waals surface area contributed by atoms with Gasteiger partial charge in [-0.15, -0.1) is 0 Å². The van der Waals surface area contributed by atoms with Crippen LogP contribution in [0, 0.1) is 19.8 Å². The molecule has 5 heteroatoms. The van der Waals surface area contributed by atoms with E-state index in [4.69, 9.17) is 0 Å². The van der Waals surface area contributed by atoms with Crippen molar-refractivity contribution >= 4 is 11.6 Å². The van der Waals surface area contributed by atoms with Gasteiger partial charge in [0.1, 0.15) is 0 Å². The molecule has 1 aromatic rings. The minimum atomic E-state index is 0.357. The van der Waals surface area contributed by atoms with Crippen molar-refractivity contribution in [2.45, 2.75) is 58.8 Å². The van der Waals surface area contributed by atoms with Crippen molar-refractivity contribution < 1.29 is 4.79 Å². The average Bonchev–Trinajstić information content (AvgIpc) is 2.92. The molecule has 2 aliphatic rings. The number of aromatic nitrogens is 2. The molecule has 1 saturated carbocycles. The highest BCUT2D eigenvalue weighted by Crippen LogP contribution is 2.28. The summed E-state index contributed by atoms with van der Waals surface area (Å²) in [6.45, 7) is 7.62. The normalized spacial score (nSPS) is 20.1. The summed E-state index contributed by atoms with van der Waals surface area (Å²) in [6.07, 6.45) is 8.62. The van der Waals surface area contributed by atoms with Crippen LogP contribution in [0.4, 0.5) is 5.69 Å². The molecular formula is C18H30N4O. The number of aryl methyl sites for hydroxylation is 2. The van der Waals surface area contributed by atoms with Gasteiger partial charge in [-0.25, -0.2) is 0 Å². The molecule has 2 fully saturated rings. The van der Waals surface area contributed by atoms with E-state index < -0.39 is 0 Å². The van der Waals surface area contributed by atoms with Crippen LogP contribution in [0.25, 0.3) is 0 Å². The SMILES string of the molecule is Cc1n[nH]c(C)c1N1CCN(C(=O)CCC2CCCCC2)CC1. The van der Waals surface area contributed by atoms with Gasteiger partial charge >= 0.3 is 0 Å². The Kier molecular flexibility index (Phi) is 5.23. The number of hydrogen-bond acceptors (Lipinski definition) is 3. The third-order valence-electron chi connectivity index (χ3n) is 5.53. The van der Waals surface area contributed by atoms with Gasteiger partial charge in [-0.3, -0.25) is 9.89 Å². The maximum absolute atomic E-state index is 12.5. The van der Waals surface area contributed by atoms with Gasteiger partial charge < -0.3 is 9.80 Å². The second-order valence-corrected chi connectivity index (χ2v) is 7.19. The van der Waals surface area contributed by atoms with E-state index in [1.165, 1.54) is 37.8 Å². The zero-order chi connectivity index (χ0) is 16.2. The topological polar surface area (TPSA) is 52.2 Å². The molecule has 0 spiro atoms. The molecule has 0 radical (unpaired) electrons. The fourth-order valence-electron chi connectivity index (χ4n) is 4.15. The van der Waals surface area contributed by atoms with E-state index in [0.717, 1.165) is 56.3 Å². The van der Waals surface area contributed by atoms with Crippen LogP contribution >= 0.6 is 0 Å². The first-order valence-corrected chi connectivity index (χ1v) is 9.19. The Labute approximate surface area is 139 Å². The molecular weight excluding hydrogens is 288 g/mol. The Morgan fingerprint density at radius 2 is 1.83 bits per heavy atom. The number of amides is 1. The number of anilines is 1. The number of aromatic amines is 1. The molecule has 1 amide bonds. The maximum atomic E-state index is 12.5. The van der Waals surface area contributed by atoms with Gasteiger partial charge in [-0.1, -0.05) is 32.1 Å². The van der Waals surface area contributed by atoms with Gasteiger partial charge in [0, 0.05) is 32.6 Å². The zero-order valence-corrected chi connectivity index (χ0v) is 14.6. The highest BCUT2D eigenvalue weighted by Gasteiger charge is 2.24. The number of nitrogens with one attached hydrogen (secondary N) is 1. The van der Waals surface area contributed by atoms with Crippen LogP contribution in [0.2, 0.25) is 0 Å². The lowest BCUT2D eigenvalue weighted by atomic mass is 9.86. The van der Waals surface area contributed by atoms with Crippen molar-refractivity contribution in [1.82, 2.24) is 15.1 Å². The molecule has 128 valence electrons. The van der Waals surface area contributed by atoms with Gasteiger partial charge in [0.15, 0.2) is 0 Å². The zero-order valence-electron chi connectivity index (χ0n) is 14.6. The van der Waals surface area contributed by atoms with Crippen LogP contribution in [0.1, 0.15) is 56.3 Å². The lowest BCUT2D eigenvalue weighted by Crippen LogP contribution is -2.49. The molecule has 2 heterocycles.